The van der Waals surface area contributed by atoms with E-state index in [0.717, 1.165) is 0 Å². The van der Waals surface area contributed by atoms with Gasteiger partial charge in [0.1, 0.15) is 0 Å². The number of nitrogens with one attached hydrogen (secondary N) is 1. The highest BCUT2D eigenvalue weighted by Gasteiger charge is 2.18. The van der Waals surface area contributed by atoms with Crippen molar-refractivity contribution in [2.45, 2.75) is 20.3 Å². The van der Waals surface area contributed by atoms with Crippen LogP contribution in [0.2, 0.25) is 0 Å². The lowest BCUT2D eigenvalue weighted by Crippen LogP contribution is -2.23. The molecule has 0 bridgehead atoms. The van der Waals surface area contributed by atoms with Gasteiger partial charge in [0, 0.05) is 0 Å². The quantitative estimate of drug-likeness (QED) is 0.342. The molecule has 1 aromatic carbocycles. The molecule has 0 atom stereocenters. The summed E-state index contributed by atoms with van der Waals surface area (Å²) < 4.78 is 9.65. The summed E-state index contributed by atoms with van der Waals surface area (Å²) in [6.45, 7) is 3.77. The number of ether oxygens (including phenoxy) is 2. The summed E-state index contributed by atoms with van der Waals surface area (Å²) in [6, 6.07) is 6.93. The summed E-state index contributed by atoms with van der Waals surface area (Å²) in [5.41, 5.74) is 9.34. The van der Waals surface area contributed by atoms with Gasteiger partial charge < -0.3 is 15.2 Å². The maximum Gasteiger partial charge on any atom is 0.355 e. The van der Waals surface area contributed by atoms with Crippen LogP contribution in [0.5, 0.6) is 0 Å². The van der Waals surface area contributed by atoms with Crippen molar-refractivity contribution in [3.05, 3.63) is 24.3 Å². The van der Waals surface area contributed by atoms with Crippen LogP contribution < -0.4 is 11.2 Å². The summed E-state index contributed by atoms with van der Waals surface area (Å²) in [4.78, 5) is 23.2. The van der Waals surface area contributed by atoms with Gasteiger partial charge in [-0.25, -0.2) is 4.79 Å². The Balaban J connectivity index is 2.84. The molecule has 21 heavy (non-hydrogen) atoms. The van der Waals surface area contributed by atoms with Crippen molar-refractivity contribution < 1.29 is 19.1 Å². The third-order valence-corrected chi connectivity index (χ3v) is 2.40. The zero-order valence-electron chi connectivity index (χ0n) is 12.1. The van der Waals surface area contributed by atoms with E-state index in [0.29, 0.717) is 11.4 Å². The first kappa shape index (κ1) is 16.5. The molecule has 1 rings (SSSR count). The molecule has 0 amide bonds. The lowest BCUT2D eigenvalue weighted by atomic mass is 10.2. The van der Waals surface area contributed by atoms with Gasteiger partial charge in [-0.2, -0.15) is 5.10 Å². The minimum absolute atomic E-state index is 0.0708. The van der Waals surface area contributed by atoms with E-state index in [4.69, 9.17) is 15.2 Å². The number of nitrogen functional groups attached to an aromatic ring is 1. The van der Waals surface area contributed by atoms with E-state index in [9.17, 15) is 9.59 Å². The minimum Gasteiger partial charge on any atom is -0.466 e. The number of para-hydroxylation sites is 2. The topological polar surface area (TPSA) is 103 Å². The van der Waals surface area contributed by atoms with Gasteiger partial charge in [0.25, 0.3) is 0 Å². The van der Waals surface area contributed by atoms with Crippen LogP contribution in [0.4, 0.5) is 11.4 Å². The predicted octanol–water partition coefficient (Wildman–Crippen LogP) is 1.55. The number of hydrazone groups is 1. The Labute approximate surface area is 123 Å². The summed E-state index contributed by atoms with van der Waals surface area (Å²) >= 11 is 0. The SMILES string of the molecule is CCOC(=O)C/C(=N\Nc1ccccc1N)C(=O)OCC. The maximum atomic E-state index is 11.8. The molecule has 0 spiro atoms. The third kappa shape index (κ3) is 5.52. The van der Waals surface area contributed by atoms with E-state index in [1.165, 1.54) is 0 Å². The van der Waals surface area contributed by atoms with E-state index in [-0.39, 0.29) is 25.3 Å². The molecule has 0 radical (unpaired) electrons. The summed E-state index contributed by atoms with van der Waals surface area (Å²) in [7, 11) is 0. The van der Waals surface area contributed by atoms with Crippen LogP contribution in [-0.2, 0) is 19.1 Å². The Hall–Kier alpha value is -2.57. The van der Waals surface area contributed by atoms with E-state index in [2.05, 4.69) is 10.5 Å². The average Bonchev–Trinajstić information content (AvgIpc) is 2.45. The van der Waals surface area contributed by atoms with Crippen molar-refractivity contribution in [1.82, 2.24) is 0 Å². The molecule has 0 aliphatic carbocycles. The number of carbonyl (C=O) groups excluding carboxylic acids is 2. The number of hydrogen-bond acceptors (Lipinski definition) is 7. The number of hydrogen-bond donors (Lipinski definition) is 2. The predicted molar refractivity (Wildman–Crippen MR) is 79.8 cm³/mol. The van der Waals surface area contributed by atoms with Crippen LogP contribution >= 0.6 is 0 Å². The Morgan fingerprint density at radius 3 is 2.48 bits per heavy atom. The first-order chi connectivity index (χ1) is 10.1. The van der Waals surface area contributed by atoms with Gasteiger partial charge in [0.15, 0.2) is 5.71 Å². The molecule has 0 saturated carbocycles. The van der Waals surface area contributed by atoms with E-state index in [1.807, 2.05) is 0 Å². The van der Waals surface area contributed by atoms with Crippen molar-refractivity contribution >= 4 is 29.0 Å². The largest absolute Gasteiger partial charge is 0.466 e. The highest BCUT2D eigenvalue weighted by atomic mass is 16.5. The molecule has 0 heterocycles. The molecule has 0 aromatic heterocycles. The fourth-order valence-corrected chi connectivity index (χ4v) is 1.45. The van der Waals surface area contributed by atoms with Crippen molar-refractivity contribution in [1.29, 1.82) is 0 Å². The number of rotatable bonds is 7. The Morgan fingerprint density at radius 1 is 1.19 bits per heavy atom. The van der Waals surface area contributed by atoms with Gasteiger partial charge in [-0.15, -0.1) is 0 Å². The molecule has 0 aliphatic heterocycles. The standard InChI is InChI=1S/C14H19N3O4/c1-3-20-13(18)9-12(14(19)21-4-2)17-16-11-8-6-5-7-10(11)15/h5-8,16H,3-4,9,15H2,1-2H3/b17-12+. The molecule has 3 N–H and O–H groups in total. The summed E-state index contributed by atoms with van der Waals surface area (Å²) in [5.74, 6) is -1.22. The van der Waals surface area contributed by atoms with Crippen LogP contribution in [-0.4, -0.2) is 30.9 Å². The molecule has 114 valence electrons. The van der Waals surface area contributed by atoms with Crippen molar-refractivity contribution in [2.75, 3.05) is 24.4 Å². The van der Waals surface area contributed by atoms with E-state index in [1.54, 1.807) is 38.1 Å². The van der Waals surface area contributed by atoms with Crippen molar-refractivity contribution in [3.63, 3.8) is 0 Å². The Bertz CT molecular complexity index is 529. The second-order valence-corrected chi connectivity index (χ2v) is 3.96. The van der Waals surface area contributed by atoms with Gasteiger partial charge in [-0.3, -0.25) is 10.2 Å². The zero-order valence-corrected chi connectivity index (χ0v) is 12.1. The van der Waals surface area contributed by atoms with Gasteiger partial charge in [0.05, 0.1) is 31.0 Å². The second kappa shape index (κ2) is 8.57. The van der Waals surface area contributed by atoms with Crippen LogP contribution in [0, 0.1) is 0 Å². The Morgan fingerprint density at radius 2 is 1.86 bits per heavy atom. The lowest BCUT2D eigenvalue weighted by Gasteiger charge is -2.08. The molecule has 0 aliphatic rings. The molecule has 0 fully saturated rings. The molecule has 7 heteroatoms. The van der Waals surface area contributed by atoms with Gasteiger partial charge in [0.2, 0.25) is 0 Å². The number of carbonyl (C=O) groups is 2. The monoisotopic (exact) mass is 293 g/mol. The van der Waals surface area contributed by atoms with Crippen LogP contribution in [0.15, 0.2) is 29.4 Å². The van der Waals surface area contributed by atoms with Crippen LogP contribution in [0.3, 0.4) is 0 Å². The highest BCUT2D eigenvalue weighted by Crippen LogP contribution is 2.16. The second-order valence-electron chi connectivity index (χ2n) is 3.96. The molecule has 0 unspecified atom stereocenters. The van der Waals surface area contributed by atoms with Crippen LogP contribution in [0.1, 0.15) is 20.3 Å². The average molecular weight is 293 g/mol. The van der Waals surface area contributed by atoms with Crippen molar-refractivity contribution in [2.24, 2.45) is 5.10 Å². The summed E-state index contributed by atoms with van der Waals surface area (Å²) in [5, 5.41) is 3.91. The number of benzene rings is 1. The molecule has 7 nitrogen and oxygen atoms in total. The summed E-state index contributed by atoms with van der Waals surface area (Å²) in [6.07, 6.45) is -0.271. The fraction of sp³-hybridized carbons (Fsp3) is 0.357. The number of nitrogens with zero attached hydrogens (tertiary/aromatic N) is 1. The fourth-order valence-electron chi connectivity index (χ4n) is 1.45. The zero-order chi connectivity index (χ0) is 15.7. The normalized spacial score (nSPS) is 10.9. The van der Waals surface area contributed by atoms with E-state index < -0.39 is 11.9 Å². The molecular formula is C14H19N3O4. The first-order valence-corrected chi connectivity index (χ1v) is 6.58. The first-order valence-electron chi connectivity index (χ1n) is 6.58. The number of nitrogens with two attached hydrogens (primary N) is 1. The third-order valence-electron chi connectivity index (χ3n) is 2.40. The number of esters is 2. The van der Waals surface area contributed by atoms with Crippen LogP contribution in [0.25, 0.3) is 0 Å². The molecular weight excluding hydrogens is 274 g/mol. The highest BCUT2D eigenvalue weighted by molar-refractivity contribution is 6.39. The van der Waals surface area contributed by atoms with Crippen molar-refractivity contribution in [3.8, 4) is 0 Å². The van der Waals surface area contributed by atoms with Gasteiger partial charge >= 0.3 is 11.9 Å². The lowest BCUT2D eigenvalue weighted by molar-refractivity contribution is -0.143. The minimum atomic E-state index is -0.674. The van der Waals surface area contributed by atoms with E-state index >= 15 is 0 Å². The Kier molecular flexibility index (Phi) is 6.73. The number of anilines is 2. The maximum absolute atomic E-state index is 11.8. The molecule has 1 aromatic rings. The van der Waals surface area contributed by atoms with Gasteiger partial charge in [-0.1, -0.05) is 12.1 Å². The van der Waals surface area contributed by atoms with Gasteiger partial charge in [-0.05, 0) is 26.0 Å². The molecule has 0 saturated heterocycles. The smallest absolute Gasteiger partial charge is 0.355 e.